The van der Waals surface area contributed by atoms with E-state index in [-0.39, 0.29) is 17.8 Å². The number of anilines is 1. The number of aryl methyl sites for hydroxylation is 1. The summed E-state index contributed by atoms with van der Waals surface area (Å²) in [6.45, 7) is 6.45. The fourth-order valence-electron chi connectivity index (χ4n) is 3.04. The number of benzene rings is 2. The highest BCUT2D eigenvalue weighted by Gasteiger charge is 2.17. The maximum absolute atomic E-state index is 14.2. The van der Waals surface area contributed by atoms with Crippen LogP contribution in [0.1, 0.15) is 29.7 Å². The van der Waals surface area contributed by atoms with E-state index in [1.807, 2.05) is 49.1 Å². The molecule has 142 valence electrons. The van der Waals surface area contributed by atoms with Crippen LogP contribution in [0.4, 0.5) is 10.1 Å². The number of carbonyl (C=O) groups excluding carboxylic acids is 1. The van der Waals surface area contributed by atoms with Gasteiger partial charge in [0.05, 0.1) is 24.9 Å². The highest BCUT2D eigenvalue weighted by Crippen LogP contribution is 2.25. The molecule has 0 radical (unpaired) electrons. The largest absolute Gasteiger partial charge is 0.378 e. The molecule has 1 unspecified atom stereocenters. The van der Waals surface area contributed by atoms with E-state index in [0.29, 0.717) is 32.0 Å². The van der Waals surface area contributed by atoms with Crippen molar-refractivity contribution in [3.63, 3.8) is 0 Å². The predicted octanol–water partition coefficient (Wildman–Crippen LogP) is 3.86. The maximum Gasteiger partial charge on any atom is 0.244 e. The average Bonchev–Trinajstić information content (AvgIpc) is 2.68. The summed E-state index contributed by atoms with van der Waals surface area (Å²) < 4.78 is 19.6. The molecule has 0 aliphatic carbocycles. The number of rotatable bonds is 5. The zero-order valence-electron chi connectivity index (χ0n) is 15.7. The summed E-state index contributed by atoms with van der Waals surface area (Å²) in [7, 11) is 0. The normalized spacial score (nSPS) is 15.7. The zero-order chi connectivity index (χ0) is 19.2. The van der Waals surface area contributed by atoms with Crippen molar-refractivity contribution in [2.24, 2.45) is 0 Å². The van der Waals surface area contributed by atoms with E-state index in [0.717, 1.165) is 11.1 Å². The first kappa shape index (κ1) is 19.1. The molecule has 0 aromatic heterocycles. The third-order valence-electron chi connectivity index (χ3n) is 4.69. The van der Waals surface area contributed by atoms with Crippen molar-refractivity contribution in [1.29, 1.82) is 0 Å². The van der Waals surface area contributed by atoms with E-state index in [9.17, 15) is 9.18 Å². The van der Waals surface area contributed by atoms with Crippen molar-refractivity contribution in [1.82, 2.24) is 5.32 Å². The van der Waals surface area contributed by atoms with Gasteiger partial charge < -0.3 is 15.0 Å². The van der Waals surface area contributed by atoms with E-state index in [2.05, 4.69) is 5.32 Å². The second-order valence-corrected chi connectivity index (χ2v) is 6.78. The van der Waals surface area contributed by atoms with Gasteiger partial charge in [0, 0.05) is 19.2 Å². The van der Waals surface area contributed by atoms with Gasteiger partial charge in [0.25, 0.3) is 0 Å². The SMILES string of the molecule is Cc1ccc(C=CC(=O)NC(C)c2ccc(F)c(N3CCOCC3)c2)cc1. The van der Waals surface area contributed by atoms with E-state index in [4.69, 9.17) is 4.74 Å². The Hall–Kier alpha value is -2.66. The molecule has 0 spiro atoms. The Balaban J connectivity index is 1.65. The summed E-state index contributed by atoms with van der Waals surface area (Å²) in [5.41, 5.74) is 3.58. The van der Waals surface area contributed by atoms with Gasteiger partial charge in [0.1, 0.15) is 5.82 Å². The molecule has 1 amide bonds. The van der Waals surface area contributed by atoms with Crippen molar-refractivity contribution in [3.05, 3.63) is 71.0 Å². The quantitative estimate of drug-likeness (QED) is 0.815. The smallest absolute Gasteiger partial charge is 0.244 e. The summed E-state index contributed by atoms with van der Waals surface area (Å²) in [5.74, 6) is -0.432. The third kappa shape index (κ3) is 5.17. The lowest BCUT2D eigenvalue weighted by atomic mass is 10.1. The molecular formula is C22H25FN2O2. The molecule has 1 fully saturated rings. The first-order valence-corrected chi connectivity index (χ1v) is 9.20. The summed E-state index contributed by atoms with van der Waals surface area (Å²) in [6.07, 6.45) is 3.30. The number of halogens is 1. The molecule has 2 aromatic carbocycles. The van der Waals surface area contributed by atoms with Crippen LogP contribution in [-0.2, 0) is 9.53 Å². The van der Waals surface area contributed by atoms with Crippen LogP contribution in [0.15, 0.2) is 48.5 Å². The Bertz CT molecular complexity index is 812. The molecule has 1 heterocycles. The summed E-state index contributed by atoms with van der Waals surface area (Å²) >= 11 is 0. The standard InChI is InChI=1S/C22H25FN2O2/c1-16-3-5-18(6-4-16)7-10-22(26)24-17(2)19-8-9-20(23)21(15-19)25-11-13-27-14-12-25/h3-10,15,17H,11-14H2,1-2H3,(H,24,26). The molecular weight excluding hydrogens is 343 g/mol. The second kappa shape index (κ2) is 8.82. The summed E-state index contributed by atoms with van der Waals surface area (Å²) in [4.78, 5) is 14.2. The molecule has 27 heavy (non-hydrogen) atoms. The molecule has 5 heteroatoms. The van der Waals surface area contributed by atoms with Gasteiger partial charge >= 0.3 is 0 Å². The van der Waals surface area contributed by atoms with Crippen LogP contribution >= 0.6 is 0 Å². The lowest BCUT2D eigenvalue weighted by molar-refractivity contribution is -0.117. The van der Waals surface area contributed by atoms with E-state index < -0.39 is 0 Å². The second-order valence-electron chi connectivity index (χ2n) is 6.78. The maximum atomic E-state index is 14.2. The van der Waals surface area contributed by atoms with Crippen molar-refractivity contribution >= 4 is 17.7 Å². The minimum atomic E-state index is -0.251. The number of morpholine rings is 1. The topological polar surface area (TPSA) is 41.6 Å². The van der Waals surface area contributed by atoms with Gasteiger partial charge in [-0.3, -0.25) is 4.79 Å². The molecule has 0 saturated carbocycles. The zero-order valence-corrected chi connectivity index (χ0v) is 15.7. The molecule has 3 rings (SSSR count). The summed E-state index contributed by atoms with van der Waals surface area (Å²) in [5, 5.41) is 2.94. The van der Waals surface area contributed by atoms with Crippen molar-refractivity contribution < 1.29 is 13.9 Å². The highest BCUT2D eigenvalue weighted by molar-refractivity contribution is 5.92. The molecule has 1 aliphatic rings. The average molecular weight is 368 g/mol. The van der Waals surface area contributed by atoms with Gasteiger partial charge in [0.15, 0.2) is 0 Å². The Morgan fingerprint density at radius 2 is 1.89 bits per heavy atom. The number of nitrogens with one attached hydrogen (secondary N) is 1. The van der Waals surface area contributed by atoms with Crippen LogP contribution < -0.4 is 10.2 Å². The van der Waals surface area contributed by atoms with Crippen LogP contribution in [0.5, 0.6) is 0 Å². The minimum absolute atomic E-state index is 0.180. The lowest BCUT2D eigenvalue weighted by Gasteiger charge is -2.29. The number of hydrogen-bond donors (Lipinski definition) is 1. The van der Waals surface area contributed by atoms with Gasteiger partial charge in [-0.15, -0.1) is 0 Å². The van der Waals surface area contributed by atoms with Crippen LogP contribution in [0.3, 0.4) is 0 Å². The monoisotopic (exact) mass is 368 g/mol. The predicted molar refractivity (Wildman–Crippen MR) is 106 cm³/mol. The Kier molecular flexibility index (Phi) is 6.24. The fourth-order valence-corrected chi connectivity index (χ4v) is 3.04. The first-order valence-electron chi connectivity index (χ1n) is 9.20. The van der Waals surface area contributed by atoms with Gasteiger partial charge in [-0.05, 0) is 43.2 Å². The molecule has 4 nitrogen and oxygen atoms in total. The fraction of sp³-hybridized carbons (Fsp3) is 0.318. The summed E-state index contributed by atoms with van der Waals surface area (Å²) in [6, 6.07) is 12.7. The van der Waals surface area contributed by atoms with E-state index in [1.54, 1.807) is 12.1 Å². The van der Waals surface area contributed by atoms with Crippen LogP contribution in [-0.4, -0.2) is 32.2 Å². The number of carbonyl (C=O) groups is 1. The Labute approximate surface area is 159 Å². The number of nitrogens with zero attached hydrogens (tertiary/aromatic N) is 1. The number of ether oxygens (including phenoxy) is 1. The molecule has 2 aromatic rings. The molecule has 1 atom stereocenters. The Morgan fingerprint density at radius 1 is 1.19 bits per heavy atom. The highest BCUT2D eigenvalue weighted by atomic mass is 19.1. The van der Waals surface area contributed by atoms with Gasteiger partial charge in [-0.2, -0.15) is 0 Å². The molecule has 1 saturated heterocycles. The number of hydrogen-bond acceptors (Lipinski definition) is 3. The molecule has 1 N–H and O–H groups in total. The van der Waals surface area contributed by atoms with Gasteiger partial charge in [-0.25, -0.2) is 4.39 Å². The van der Waals surface area contributed by atoms with Gasteiger partial charge in [-0.1, -0.05) is 35.9 Å². The molecule has 0 bridgehead atoms. The Morgan fingerprint density at radius 3 is 2.59 bits per heavy atom. The van der Waals surface area contributed by atoms with Gasteiger partial charge in [0.2, 0.25) is 5.91 Å². The molecule has 1 aliphatic heterocycles. The number of amides is 1. The lowest BCUT2D eigenvalue weighted by Crippen LogP contribution is -2.37. The van der Waals surface area contributed by atoms with E-state index in [1.165, 1.54) is 17.7 Å². The third-order valence-corrected chi connectivity index (χ3v) is 4.69. The van der Waals surface area contributed by atoms with Crippen LogP contribution in [0.2, 0.25) is 0 Å². The van der Waals surface area contributed by atoms with Crippen LogP contribution in [0.25, 0.3) is 6.08 Å². The van der Waals surface area contributed by atoms with Crippen molar-refractivity contribution in [3.8, 4) is 0 Å². The van der Waals surface area contributed by atoms with Crippen molar-refractivity contribution in [2.75, 3.05) is 31.2 Å². The first-order chi connectivity index (χ1) is 13.0. The minimum Gasteiger partial charge on any atom is -0.378 e. The van der Waals surface area contributed by atoms with Crippen molar-refractivity contribution in [2.45, 2.75) is 19.9 Å². The van der Waals surface area contributed by atoms with Crippen LogP contribution in [0, 0.1) is 12.7 Å². The van der Waals surface area contributed by atoms with E-state index >= 15 is 0 Å².